The summed E-state index contributed by atoms with van der Waals surface area (Å²) in [4.78, 5) is 17.2. The third-order valence-electron chi connectivity index (χ3n) is 4.48. The third-order valence-corrected chi connectivity index (χ3v) is 6.29. The van der Waals surface area contributed by atoms with Crippen LogP contribution in [0.15, 0.2) is 53.0 Å². The summed E-state index contributed by atoms with van der Waals surface area (Å²) in [6, 6.07) is 8.84. The lowest BCUT2D eigenvalue weighted by molar-refractivity contribution is 0.101. The van der Waals surface area contributed by atoms with E-state index in [4.69, 9.17) is 0 Å². The maximum atomic E-state index is 12.8. The number of carbonyl (C=O) groups excluding carboxylic acids is 1. The summed E-state index contributed by atoms with van der Waals surface area (Å²) in [5, 5.41) is 5.24. The van der Waals surface area contributed by atoms with Crippen LogP contribution in [-0.4, -0.2) is 30.1 Å². The third kappa shape index (κ3) is 5.77. The van der Waals surface area contributed by atoms with E-state index >= 15 is 0 Å². The zero-order valence-corrected chi connectivity index (χ0v) is 18.4. The quantitative estimate of drug-likeness (QED) is 0.584. The van der Waals surface area contributed by atoms with Crippen LogP contribution in [0.25, 0.3) is 0 Å². The van der Waals surface area contributed by atoms with Crippen molar-refractivity contribution in [1.29, 1.82) is 0 Å². The van der Waals surface area contributed by atoms with Crippen LogP contribution < -0.4 is 5.32 Å². The Hall–Kier alpha value is -2.45. The van der Waals surface area contributed by atoms with Crippen molar-refractivity contribution in [1.82, 2.24) is 9.55 Å². The number of carbonyl (C=O) groups is 1. The molecule has 29 heavy (non-hydrogen) atoms. The first-order valence-corrected chi connectivity index (χ1v) is 12.2. The molecule has 1 N–H and O–H groups in total. The van der Waals surface area contributed by atoms with Gasteiger partial charge in [0.2, 0.25) is 0 Å². The Morgan fingerprint density at radius 1 is 1.21 bits per heavy atom. The van der Waals surface area contributed by atoms with E-state index in [1.54, 1.807) is 18.3 Å². The smallest absolute Gasteiger partial charge is 0.274 e. The highest BCUT2D eigenvalue weighted by atomic mass is 32.2. The Balaban J connectivity index is 1.77. The van der Waals surface area contributed by atoms with Gasteiger partial charge in [0.1, 0.15) is 5.69 Å². The van der Waals surface area contributed by atoms with Crippen LogP contribution in [0.5, 0.6) is 0 Å². The van der Waals surface area contributed by atoms with Crippen LogP contribution in [0.4, 0.5) is 5.13 Å². The second kappa shape index (κ2) is 8.92. The fraction of sp³-hybridized carbons (Fsp3) is 0.333. The highest BCUT2D eigenvalue weighted by molar-refractivity contribution is 7.90. The second-order valence-electron chi connectivity index (χ2n) is 7.48. The van der Waals surface area contributed by atoms with Crippen molar-refractivity contribution in [3.8, 4) is 0 Å². The van der Waals surface area contributed by atoms with E-state index in [0.717, 1.165) is 17.5 Å². The lowest BCUT2D eigenvalue weighted by Crippen LogP contribution is -2.17. The molecule has 0 bridgehead atoms. The molecule has 8 heteroatoms. The molecule has 3 rings (SSSR count). The molecule has 0 fully saturated rings. The summed E-state index contributed by atoms with van der Waals surface area (Å²) in [7, 11) is -3.20. The summed E-state index contributed by atoms with van der Waals surface area (Å²) in [6.45, 7) is 4.92. The molecular weight excluding hydrogens is 406 g/mol. The molecular formula is C21H25N3O3S2. The Morgan fingerprint density at radius 2 is 1.93 bits per heavy atom. The summed E-state index contributed by atoms with van der Waals surface area (Å²) >= 11 is 1.38. The molecule has 0 unspecified atom stereocenters. The van der Waals surface area contributed by atoms with Gasteiger partial charge in [0.05, 0.1) is 4.90 Å². The molecule has 0 radical (unpaired) electrons. The average Bonchev–Trinajstić information content (AvgIpc) is 3.29. The number of hydrogen-bond acceptors (Lipinski definition) is 5. The lowest BCUT2D eigenvalue weighted by atomic mass is 10.1. The Morgan fingerprint density at radius 3 is 2.52 bits per heavy atom. The van der Waals surface area contributed by atoms with Crippen molar-refractivity contribution in [2.45, 2.75) is 38.1 Å². The zero-order chi connectivity index (χ0) is 21.0. The number of aromatic nitrogens is 2. The minimum atomic E-state index is -3.20. The first kappa shape index (κ1) is 21.3. The number of sulfone groups is 1. The van der Waals surface area contributed by atoms with Gasteiger partial charge in [-0.05, 0) is 48.1 Å². The van der Waals surface area contributed by atoms with E-state index in [0.29, 0.717) is 34.6 Å². The van der Waals surface area contributed by atoms with Gasteiger partial charge in [-0.2, -0.15) is 0 Å². The predicted molar refractivity (Wildman–Crippen MR) is 116 cm³/mol. The number of nitrogens with one attached hydrogen (secondary N) is 1. The van der Waals surface area contributed by atoms with Crippen molar-refractivity contribution in [2.24, 2.45) is 5.92 Å². The normalized spacial score (nSPS) is 11.7. The number of rotatable bonds is 8. The summed E-state index contributed by atoms with van der Waals surface area (Å²) in [5.74, 6) is 0.312. The first-order chi connectivity index (χ1) is 13.7. The Kier molecular flexibility index (Phi) is 6.54. The maximum absolute atomic E-state index is 12.8. The van der Waals surface area contributed by atoms with E-state index in [1.165, 1.54) is 17.6 Å². The molecule has 154 valence electrons. The van der Waals surface area contributed by atoms with E-state index < -0.39 is 9.84 Å². The van der Waals surface area contributed by atoms with Crippen molar-refractivity contribution in [3.63, 3.8) is 0 Å². The number of thiazole rings is 1. The standard InChI is InChI=1S/C21H25N3O3S2/c1-15(2)12-17-13-19(20(25)23-21-22-9-11-28-21)24(14-17)10-8-16-4-6-18(7-5-16)29(3,26)27/h4-7,9,11,13-15H,8,10,12H2,1-3H3,(H,22,23,25). The number of hydrogen-bond donors (Lipinski definition) is 1. The molecule has 1 amide bonds. The van der Waals surface area contributed by atoms with E-state index in [9.17, 15) is 13.2 Å². The second-order valence-corrected chi connectivity index (χ2v) is 10.4. The first-order valence-electron chi connectivity index (χ1n) is 9.41. The largest absolute Gasteiger partial charge is 0.343 e. The van der Waals surface area contributed by atoms with Gasteiger partial charge in [-0.15, -0.1) is 11.3 Å². The molecule has 3 aromatic rings. The topological polar surface area (TPSA) is 81.1 Å². The molecule has 0 aliphatic carbocycles. The molecule has 2 aromatic heterocycles. The fourth-order valence-corrected chi connectivity index (χ4v) is 4.28. The highest BCUT2D eigenvalue weighted by Gasteiger charge is 2.16. The van der Waals surface area contributed by atoms with E-state index in [2.05, 4.69) is 24.1 Å². The van der Waals surface area contributed by atoms with Crippen LogP contribution >= 0.6 is 11.3 Å². The van der Waals surface area contributed by atoms with Gasteiger partial charge in [0.25, 0.3) is 5.91 Å². The number of aryl methyl sites for hydroxylation is 2. The molecule has 0 aliphatic heterocycles. The van der Waals surface area contributed by atoms with Gasteiger partial charge in [0.15, 0.2) is 15.0 Å². The summed E-state index contributed by atoms with van der Waals surface area (Å²) in [5.41, 5.74) is 2.74. The predicted octanol–water partition coefficient (Wildman–Crippen LogP) is 4.04. The van der Waals surface area contributed by atoms with Crippen molar-refractivity contribution < 1.29 is 13.2 Å². The zero-order valence-electron chi connectivity index (χ0n) is 16.8. The van der Waals surface area contributed by atoms with Crippen molar-refractivity contribution >= 4 is 32.2 Å². The Bertz CT molecular complexity index is 1070. The maximum Gasteiger partial charge on any atom is 0.274 e. The summed E-state index contributed by atoms with van der Waals surface area (Å²) in [6.07, 6.45) is 6.47. The molecule has 2 heterocycles. The van der Waals surface area contributed by atoms with Crippen LogP contribution in [0.2, 0.25) is 0 Å². The number of anilines is 1. The van der Waals surface area contributed by atoms with Crippen molar-refractivity contribution in [2.75, 3.05) is 11.6 Å². The molecule has 0 saturated carbocycles. The van der Waals surface area contributed by atoms with Gasteiger partial charge in [-0.3, -0.25) is 10.1 Å². The number of benzene rings is 1. The highest BCUT2D eigenvalue weighted by Crippen LogP contribution is 2.18. The van der Waals surface area contributed by atoms with Crippen molar-refractivity contribution in [3.05, 3.63) is 64.9 Å². The van der Waals surface area contributed by atoms with Crippen LogP contribution in [0.3, 0.4) is 0 Å². The molecule has 6 nitrogen and oxygen atoms in total. The molecule has 1 aromatic carbocycles. The SMILES string of the molecule is CC(C)Cc1cc(C(=O)Nc2nccs2)n(CCc2ccc(S(C)(=O)=O)cc2)c1. The Labute approximate surface area is 175 Å². The monoisotopic (exact) mass is 431 g/mol. The molecule has 0 saturated heterocycles. The van der Waals surface area contributed by atoms with Gasteiger partial charge in [0, 0.05) is 30.6 Å². The van der Waals surface area contributed by atoms with Gasteiger partial charge in [-0.1, -0.05) is 26.0 Å². The minimum absolute atomic E-state index is 0.178. The van der Waals surface area contributed by atoms with Crippen LogP contribution in [-0.2, 0) is 29.2 Å². The van der Waals surface area contributed by atoms with Crippen LogP contribution in [0, 0.1) is 5.92 Å². The lowest BCUT2D eigenvalue weighted by Gasteiger charge is -2.09. The van der Waals surface area contributed by atoms with Gasteiger partial charge >= 0.3 is 0 Å². The van der Waals surface area contributed by atoms with E-state index in [-0.39, 0.29) is 5.91 Å². The van der Waals surface area contributed by atoms with Gasteiger partial charge < -0.3 is 4.57 Å². The number of nitrogens with zero attached hydrogens (tertiary/aromatic N) is 2. The number of amides is 1. The summed E-state index contributed by atoms with van der Waals surface area (Å²) < 4.78 is 25.2. The van der Waals surface area contributed by atoms with E-state index in [1.807, 2.05) is 34.3 Å². The van der Waals surface area contributed by atoms with Crippen LogP contribution in [0.1, 0.15) is 35.5 Å². The van der Waals surface area contributed by atoms with Gasteiger partial charge in [-0.25, -0.2) is 13.4 Å². The molecule has 0 atom stereocenters. The minimum Gasteiger partial charge on any atom is -0.343 e. The molecule has 0 aliphatic rings. The fourth-order valence-electron chi connectivity index (χ4n) is 3.13. The average molecular weight is 432 g/mol. The molecule has 0 spiro atoms.